The molecule has 1 aliphatic heterocycles. The number of likely N-dealkylation sites (N-methyl/N-ethyl adjacent to an activating group) is 1. The van der Waals surface area contributed by atoms with Crippen molar-refractivity contribution in [3.63, 3.8) is 0 Å². The number of nitrogens with zero attached hydrogens (tertiary/aromatic N) is 1. The van der Waals surface area contributed by atoms with Crippen LogP contribution in [0.4, 0.5) is 0 Å². The van der Waals surface area contributed by atoms with Crippen molar-refractivity contribution in [3.05, 3.63) is 20.8 Å². The predicted octanol–water partition coefficient (Wildman–Crippen LogP) is 2.32. The Labute approximate surface area is 115 Å². The summed E-state index contributed by atoms with van der Waals surface area (Å²) in [5.74, 6) is 0. The highest BCUT2D eigenvalue weighted by molar-refractivity contribution is 9.10. The molecule has 0 spiro atoms. The lowest BCUT2D eigenvalue weighted by Gasteiger charge is -2.32. The van der Waals surface area contributed by atoms with Crippen LogP contribution in [0.5, 0.6) is 0 Å². The van der Waals surface area contributed by atoms with E-state index in [4.69, 9.17) is 4.74 Å². The van der Waals surface area contributed by atoms with Crippen LogP contribution >= 0.6 is 27.3 Å². The molecule has 1 saturated heterocycles. The lowest BCUT2D eigenvalue weighted by Crippen LogP contribution is -2.46. The first-order chi connectivity index (χ1) is 8.28. The van der Waals surface area contributed by atoms with E-state index in [1.54, 1.807) is 11.3 Å². The van der Waals surface area contributed by atoms with E-state index < -0.39 is 0 Å². The molecule has 0 amide bonds. The van der Waals surface area contributed by atoms with Crippen LogP contribution in [0, 0.1) is 0 Å². The van der Waals surface area contributed by atoms with Gasteiger partial charge in [0, 0.05) is 40.9 Å². The third kappa shape index (κ3) is 4.34. The molecule has 1 fully saturated rings. The molecule has 0 aliphatic carbocycles. The van der Waals surface area contributed by atoms with E-state index in [0.717, 1.165) is 39.3 Å². The number of ether oxygens (including phenoxy) is 1. The monoisotopic (exact) mass is 318 g/mol. The molecular formula is C12H19BrN2OS. The molecular weight excluding hydrogens is 300 g/mol. The van der Waals surface area contributed by atoms with Crippen molar-refractivity contribution in [2.24, 2.45) is 0 Å². The van der Waals surface area contributed by atoms with Gasteiger partial charge in [-0.2, -0.15) is 0 Å². The Morgan fingerprint density at radius 2 is 2.53 bits per heavy atom. The molecule has 1 atom stereocenters. The summed E-state index contributed by atoms with van der Waals surface area (Å²) in [5.41, 5.74) is 0. The molecule has 0 saturated carbocycles. The van der Waals surface area contributed by atoms with Crippen molar-refractivity contribution in [1.29, 1.82) is 0 Å². The minimum atomic E-state index is 0.340. The number of nitrogens with one attached hydrogen (secondary N) is 1. The molecule has 5 heteroatoms. The third-order valence-corrected chi connectivity index (χ3v) is 4.66. The van der Waals surface area contributed by atoms with Crippen molar-refractivity contribution >= 4 is 27.3 Å². The van der Waals surface area contributed by atoms with Crippen molar-refractivity contribution in [2.75, 3.05) is 32.8 Å². The zero-order valence-electron chi connectivity index (χ0n) is 10.1. The highest BCUT2D eigenvalue weighted by Gasteiger charge is 2.18. The van der Waals surface area contributed by atoms with Crippen molar-refractivity contribution in [1.82, 2.24) is 10.2 Å². The number of halogens is 1. The number of thiophene rings is 1. The van der Waals surface area contributed by atoms with Crippen molar-refractivity contribution in [2.45, 2.75) is 19.6 Å². The fraction of sp³-hybridized carbons (Fsp3) is 0.667. The van der Waals surface area contributed by atoms with Crippen molar-refractivity contribution < 1.29 is 4.74 Å². The fourth-order valence-corrected chi connectivity index (χ4v) is 3.41. The molecule has 0 aromatic carbocycles. The van der Waals surface area contributed by atoms with E-state index in [9.17, 15) is 0 Å². The van der Waals surface area contributed by atoms with Crippen LogP contribution in [-0.2, 0) is 11.3 Å². The van der Waals surface area contributed by atoms with Gasteiger partial charge < -0.3 is 10.1 Å². The Morgan fingerprint density at radius 1 is 1.65 bits per heavy atom. The van der Waals surface area contributed by atoms with Crippen LogP contribution < -0.4 is 5.32 Å². The summed E-state index contributed by atoms with van der Waals surface area (Å²) in [4.78, 5) is 3.80. The molecule has 2 heterocycles. The highest BCUT2D eigenvalue weighted by Crippen LogP contribution is 2.19. The topological polar surface area (TPSA) is 24.5 Å². The second kappa shape index (κ2) is 6.85. The number of morpholine rings is 1. The molecule has 2 rings (SSSR count). The Bertz CT molecular complexity index is 345. The van der Waals surface area contributed by atoms with E-state index in [-0.39, 0.29) is 0 Å². The molecule has 1 aromatic heterocycles. The van der Waals surface area contributed by atoms with Crippen molar-refractivity contribution in [3.8, 4) is 0 Å². The Kier molecular flexibility index (Phi) is 5.44. The lowest BCUT2D eigenvalue weighted by atomic mass is 10.2. The number of hydrogen-bond acceptors (Lipinski definition) is 4. The van der Waals surface area contributed by atoms with Crippen LogP contribution in [0.15, 0.2) is 15.9 Å². The maximum Gasteiger partial charge on any atom is 0.0826 e. The van der Waals surface area contributed by atoms with E-state index >= 15 is 0 Å². The quantitative estimate of drug-likeness (QED) is 0.901. The minimum absolute atomic E-state index is 0.340. The number of hydrogen-bond donors (Lipinski definition) is 1. The van der Waals surface area contributed by atoms with Crippen LogP contribution in [0.3, 0.4) is 0 Å². The number of rotatable bonds is 5. The van der Waals surface area contributed by atoms with Gasteiger partial charge in [-0.1, -0.05) is 6.92 Å². The molecule has 0 bridgehead atoms. The second-order valence-electron chi connectivity index (χ2n) is 4.25. The van der Waals surface area contributed by atoms with E-state index in [1.807, 2.05) is 0 Å². The molecule has 1 aliphatic rings. The summed E-state index contributed by atoms with van der Waals surface area (Å²) < 4.78 is 6.91. The Hall–Kier alpha value is 0.0600. The zero-order valence-corrected chi connectivity index (χ0v) is 12.5. The summed E-state index contributed by atoms with van der Waals surface area (Å²) in [6.45, 7) is 8.19. The summed E-state index contributed by atoms with van der Waals surface area (Å²) in [6.07, 6.45) is 0.340. The average molecular weight is 319 g/mol. The largest absolute Gasteiger partial charge is 0.374 e. The first-order valence-electron chi connectivity index (χ1n) is 6.05. The first kappa shape index (κ1) is 13.5. The van der Waals surface area contributed by atoms with Crippen LogP contribution in [0.1, 0.15) is 11.8 Å². The van der Waals surface area contributed by atoms with Gasteiger partial charge in [-0.15, -0.1) is 11.3 Å². The molecule has 96 valence electrons. The summed E-state index contributed by atoms with van der Waals surface area (Å²) in [6, 6.07) is 2.16. The van der Waals surface area contributed by atoms with Gasteiger partial charge in [-0.25, -0.2) is 0 Å². The van der Waals surface area contributed by atoms with E-state index in [2.05, 4.69) is 44.5 Å². The lowest BCUT2D eigenvalue weighted by molar-refractivity contribution is -0.0253. The third-order valence-electron chi connectivity index (χ3n) is 2.96. The second-order valence-corrected chi connectivity index (χ2v) is 6.16. The van der Waals surface area contributed by atoms with Gasteiger partial charge in [0.1, 0.15) is 0 Å². The first-order valence-corrected chi connectivity index (χ1v) is 7.72. The van der Waals surface area contributed by atoms with Crippen LogP contribution in [0.2, 0.25) is 0 Å². The maximum absolute atomic E-state index is 5.74. The summed E-state index contributed by atoms with van der Waals surface area (Å²) >= 11 is 5.25. The van der Waals surface area contributed by atoms with Gasteiger partial charge in [0.2, 0.25) is 0 Å². The summed E-state index contributed by atoms with van der Waals surface area (Å²) in [5, 5.41) is 5.59. The minimum Gasteiger partial charge on any atom is -0.374 e. The normalized spacial score (nSPS) is 21.9. The van der Waals surface area contributed by atoms with E-state index in [0.29, 0.717) is 6.10 Å². The SMILES string of the molecule is CCN1CCO[C@H](CNCc2cc(Br)cs2)C1. The van der Waals surface area contributed by atoms with E-state index in [1.165, 1.54) is 9.35 Å². The van der Waals surface area contributed by atoms with Crippen LogP contribution in [0.25, 0.3) is 0 Å². The van der Waals surface area contributed by atoms with Gasteiger partial charge in [-0.05, 0) is 28.5 Å². The molecule has 17 heavy (non-hydrogen) atoms. The molecule has 1 N–H and O–H groups in total. The maximum atomic E-state index is 5.74. The standard InChI is InChI=1S/C12H19BrN2OS/c1-2-15-3-4-16-11(8-15)6-14-7-12-5-10(13)9-17-12/h5,9,11,14H,2-4,6-8H2,1H3/t11-/m1/s1. The highest BCUT2D eigenvalue weighted by atomic mass is 79.9. The Morgan fingerprint density at radius 3 is 3.24 bits per heavy atom. The zero-order chi connectivity index (χ0) is 12.1. The predicted molar refractivity (Wildman–Crippen MR) is 75.6 cm³/mol. The van der Waals surface area contributed by atoms with Gasteiger partial charge in [-0.3, -0.25) is 4.90 Å². The Balaban J connectivity index is 1.68. The molecule has 1 aromatic rings. The smallest absolute Gasteiger partial charge is 0.0826 e. The molecule has 0 radical (unpaired) electrons. The molecule has 0 unspecified atom stereocenters. The van der Waals surface area contributed by atoms with Crippen LogP contribution in [-0.4, -0.2) is 43.8 Å². The summed E-state index contributed by atoms with van der Waals surface area (Å²) in [7, 11) is 0. The van der Waals surface area contributed by atoms with Gasteiger partial charge >= 0.3 is 0 Å². The van der Waals surface area contributed by atoms with Gasteiger partial charge in [0.15, 0.2) is 0 Å². The van der Waals surface area contributed by atoms with Gasteiger partial charge in [0.05, 0.1) is 12.7 Å². The molecule has 3 nitrogen and oxygen atoms in total. The fourth-order valence-electron chi connectivity index (χ4n) is 1.99. The average Bonchev–Trinajstić information content (AvgIpc) is 2.75. The van der Waals surface area contributed by atoms with Gasteiger partial charge in [0.25, 0.3) is 0 Å².